The van der Waals surface area contributed by atoms with Gasteiger partial charge in [0.25, 0.3) is 0 Å². The summed E-state index contributed by atoms with van der Waals surface area (Å²) in [6, 6.07) is 0.818. The van der Waals surface area contributed by atoms with Crippen LogP contribution in [0, 0.1) is 0 Å². The van der Waals surface area contributed by atoms with Crippen LogP contribution in [0.15, 0.2) is 38.0 Å². The lowest BCUT2D eigenvalue weighted by atomic mass is 9.95. The molecule has 0 spiro atoms. The van der Waals surface area contributed by atoms with Crippen molar-refractivity contribution in [1.29, 1.82) is 0 Å². The van der Waals surface area contributed by atoms with Crippen LogP contribution in [0.1, 0.15) is 12.1 Å². The third-order valence-corrected chi connectivity index (χ3v) is 5.67. The maximum atomic E-state index is 12.2. The minimum Gasteiger partial charge on any atom is -0.288 e. The highest BCUT2D eigenvalue weighted by atomic mass is 35.5. The zero-order chi connectivity index (χ0) is 17.6. The Hall–Kier alpha value is -1.20. The molecule has 1 aromatic heterocycles. The molecule has 2 rings (SSSR count). The molecule has 0 radical (unpaired) electrons. The summed E-state index contributed by atoms with van der Waals surface area (Å²) >= 11 is 12.2. The molecule has 1 unspecified atom stereocenters. The molecule has 126 valence electrons. The van der Waals surface area contributed by atoms with Crippen molar-refractivity contribution in [3.8, 4) is 0 Å². The Labute approximate surface area is 142 Å². The fraction of sp³-hybridized carbons (Fsp3) is 0.273. The van der Waals surface area contributed by atoms with Crippen molar-refractivity contribution in [2.75, 3.05) is 6.26 Å². The first-order chi connectivity index (χ1) is 10.3. The van der Waals surface area contributed by atoms with E-state index in [2.05, 4.69) is 10.2 Å². The van der Waals surface area contributed by atoms with Crippen molar-refractivity contribution in [2.45, 2.75) is 16.3 Å². The Morgan fingerprint density at radius 3 is 2.43 bits per heavy atom. The van der Waals surface area contributed by atoms with E-state index in [1.54, 1.807) is 0 Å². The Morgan fingerprint density at radius 2 is 1.96 bits per heavy atom. The number of aromatic amines is 1. The molecule has 0 saturated carbocycles. The molecule has 1 aromatic rings. The van der Waals surface area contributed by atoms with Gasteiger partial charge in [0, 0.05) is 23.8 Å². The summed E-state index contributed by atoms with van der Waals surface area (Å²) in [7, 11) is -7.73. The van der Waals surface area contributed by atoms with Crippen LogP contribution < -0.4 is 10.6 Å². The fourth-order valence-electron chi connectivity index (χ4n) is 1.98. The minimum atomic E-state index is -4.07. The molecule has 0 amide bonds. The lowest BCUT2D eigenvalue weighted by Crippen LogP contribution is -2.32. The van der Waals surface area contributed by atoms with E-state index >= 15 is 0 Å². The van der Waals surface area contributed by atoms with E-state index in [1.165, 1.54) is 6.08 Å². The van der Waals surface area contributed by atoms with Gasteiger partial charge in [0.05, 0.1) is 4.91 Å². The highest BCUT2D eigenvalue weighted by Crippen LogP contribution is 2.41. The van der Waals surface area contributed by atoms with Crippen LogP contribution in [0.2, 0.25) is 0 Å². The number of hydrogen-bond acceptors (Lipinski definition) is 6. The molecule has 0 bridgehead atoms. The molecule has 0 aliphatic heterocycles. The number of hydrogen-bond donors (Lipinski definition) is 2. The molecule has 12 heteroatoms. The maximum absolute atomic E-state index is 12.2. The van der Waals surface area contributed by atoms with Gasteiger partial charge in [0.2, 0.25) is 15.5 Å². The monoisotopic (exact) mass is 399 g/mol. The van der Waals surface area contributed by atoms with Crippen LogP contribution in [0.5, 0.6) is 0 Å². The molecule has 0 aromatic carbocycles. The average Bonchev–Trinajstić information content (AvgIpc) is 2.35. The molecular weight excluding hydrogens is 389 g/mol. The van der Waals surface area contributed by atoms with E-state index in [0.29, 0.717) is 0 Å². The minimum absolute atomic E-state index is 0.0383. The van der Waals surface area contributed by atoms with Crippen LogP contribution in [0.4, 0.5) is 0 Å². The lowest BCUT2D eigenvalue weighted by Gasteiger charge is -2.26. The SMILES string of the molecule is CS(=O)(=O)c1cc(=O)c(C2(Cl)C=C(Cl)C=C(S(N)(=O)=O)C2)n[nH]1. The number of alkyl halides is 1. The van der Waals surface area contributed by atoms with Gasteiger partial charge in [-0.05, 0) is 12.2 Å². The molecule has 1 aliphatic rings. The predicted octanol–water partition coefficient (Wildman–Crippen LogP) is 0.306. The summed E-state index contributed by atoms with van der Waals surface area (Å²) in [4.78, 5) is 10.2. The Kier molecular flexibility index (Phi) is 4.50. The number of nitrogens with two attached hydrogens (primary N) is 1. The Morgan fingerprint density at radius 1 is 1.35 bits per heavy atom. The Balaban J connectivity index is 2.59. The Bertz CT molecular complexity index is 995. The summed E-state index contributed by atoms with van der Waals surface area (Å²) in [6.45, 7) is 0. The third-order valence-electron chi connectivity index (χ3n) is 3.03. The van der Waals surface area contributed by atoms with Gasteiger partial charge in [0.1, 0.15) is 10.6 Å². The average molecular weight is 400 g/mol. The first-order valence-electron chi connectivity index (χ1n) is 5.94. The predicted molar refractivity (Wildman–Crippen MR) is 85.2 cm³/mol. The van der Waals surface area contributed by atoms with Crippen molar-refractivity contribution in [1.82, 2.24) is 10.2 Å². The molecule has 8 nitrogen and oxygen atoms in total. The number of H-pyrrole nitrogens is 1. The molecule has 23 heavy (non-hydrogen) atoms. The van der Waals surface area contributed by atoms with Gasteiger partial charge < -0.3 is 0 Å². The summed E-state index contributed by atoms with van der Waals surface area (Å²) in [5.41, 5.74) is -1.07. The molecule has 1 atom stereocenters. The lowest BCUT2D eigenvalue weighted by molar-refractivity contribution is 0.591. The molecule has 0 saturated heterocycles. The number of halogens is 2. The van der Waals surface area contributed by atoms with Gasteiger partial charge in [0.15, 0.2) is 14.9 Å². The van der Waals surface area contributed by atoms with E-state index in [4.69, 9.17) is 28.3 Å². The van der Waals surface area contributed by atoms with Gasteiger partial charge in [-0.25, -0.2) is 22.0 Å². The third kappa shape index (κ3) is 3.83. The normalized spacial score (nSPS) is 22.4. The van der Waals surface area contributed by atoms with Crippen LogP contribution in [-0.4, -0.2) is 33.3 Å². The van der Waals surface area contributed by atoms with Crippen molar-refractivity contribution in [3.05, 3.63) is 44.1 Å². The summed E-state index contributed by atoms with van der Waals surface area (Å²) in [6.07, 6.45) is 2.91. The smallest absolute Gasteiger partial charge is 0.234 e. The van der Waals surface area contributed by atoms with Crippen LogP contribution >= 0.6 is 23.2 Å². The second-order valence-corrected chi connectivity index (χ2v) is 9.65. The second-order valence-electron chi connectivity index (χ2n) is 4.94. The first kappa shape index (κ1) is 18.1. The molecule has 3 N–H and O–H groups in total. The van der Waals surface area contributed by atoms with E-state index < -0.39 is 30.2 Å². The van der Waals surface area contributed by atoms with Crippen LogP contribution in [-0.2, 0) is 24.7 Å². The van der Waals surface area contributed by atoms with Crippen molar-refractivity contribution < 1.29 is 16.8 Å². The van der Waals surface area contributed by atoms with Crippen LogP contribution in [0.3, 0.4) is 0 Å². The van der Waals surface area contributed by atoms with E-state index in [1.807, 2.05) is 0 Å². The summed E-state index contributed by atoms with van der Waals surface area (Å²) < 4.78 is 45.8. The number of rotatable bonds is 3. The number of nitrogens with one attached hydrogen (secondary N) is 1. The summed E-state index contributed by atoms with van der Waals surface area (Å²) in [5.74, 6) is 0. The molecule has 1 heterocycles. The first-order valence-corrected chi connectivity index (χ1v) is 10.1. The number of sulfone groups is 1. The maximum Gasteiger partial charge on any atom is 0.234 e. The number of sulfonamides is 1. The zero-order valence-electron chi connectivity index (χ0n) is 11.6. The highest BCUT2D eigenvalue weighted by molar-refractivity contribution is 7.93. The van der Waals surface area contributed by atoms with Gasteiger partial charge in [-0.3, -0.25) is 9.89 Å². The van der Waals surface area contributed by atoms with Crippen LogP contribution in [0.25, 0.3) is 0 Å². The van der Waals surface area contributed by atoms with E-state index in [9.17, 15) is 21.6 Å². The number of primary sulfonamides is 1. The second kappa shape index (κ2) is 5.71. The molecule has 0 fully saturated rings. The van der Waals surface area contributed by atoms with Gasteiger partial charge in [-0.1, -0.05) is 11.6 Å². The quantitative estimate of drug-likeness (QED) is 0.700. The topological polar surface area (TPSA) is 140 Å². The molecular formula is C11H11Cl2N3O5S2. The van der Waals surface area contributed by atoms with Gasteiger partial charge >= 0.3 is 0 Å². The van der Waals surface area contributed by atoms with Gasteiger partial charge in [-0.2, -0.15) is 5.10 Å². The number of allylic oxidation sites excluding steroid dienone is 4. The number of nitrogens with zero attached hydrogens (tertiary/aromatic N) is 1. The zero-order valence-corrected chi connectivity index (χ0v) is 14.7. The van der Waals surface area contributed by atoms with Crippen molar-refractivity contribution in [3.63, 3.8) is 0 Å². The highest BCUT2D eigenvalue weighted by Gasteiger charge is 2.38. The van der Waals surface area contributed by atoms with Gasteiger partial charge in [-0.15, -0.1) is 11.6 Å². The summed E-state index contributed by atoms with van der Waals surface area (Å²) in [5, 5.41) is 10.5. The van der Waals surface area contributed by atoms with Crippen molar-refractivity contribution >= 4 is 43.1 Å². The van der Waals surface area contributed by atoms with E-state index in [0.717, 1.165) is 18.4 Å². The standard InChI is InChI=1S/C11H11Cl2N3O5S2/c1-22(18,19)9-3-8(17)10(16-15-9)11(13)4-6(12)2-7(5-11)23(14,20)21/h2-4H,5H2,1H3,(H,15,17)(H2,14,20,21). The molecule has 1 aliphatic carbocycles. The largest absolute Gasteiger partial charge is 0.288 e. The van der Waals surface area contributed by atoms with E-state index in [-0.39, 0.29) is 27.1 Å². The number of aromatic nitrogens is 2. The van der Waals surface area contributed by atoms with Crippen molar-refractivity contribution in [2.24, 2.45) is 5.14 Å². The fourth-order valence-corrected chi connectivity index (χ4v) is 4.15.